The van der Waals surface area contributed by atoms with E-state index in [2.05, 4.69) is 15.9 Å². The van der Waals surface area contributed by atoms with E-state index in [4.69, 9.17) is 4.74 Å². The molecule has 0 unspecified atom stereocenters. The largest absolute Gasteiger partial charge is 0.481 e. The maximum absolute atomic E-state index is 12.9. The normalized spacial score (nSPS) is 10.3. The standard InChI is InChI=1S/C11H7BrFNO3S/c12-7-3-9(18-6-7)5-17-11-2-1-8(13)4-10(11)14(15)16/h1-4,6H,5H2. The molecule has 0 aliphatic carbocycles. The molecule has 1 aromatic carbocycles. The molecule has 0 atom stereocenters. The molecule has 0 amide bonds. The first-order chi connectivity index (χ1) is 8.56. The van der Waals surface area contributed by atoms with Crippen LogP contribution in [0.3, 0.4) is 0 Å². The third-order valence-electron chi connectivity index (χ3n) is 2.11. The highest BCUT2D eigenvalue weighted by molar-refractivity contribution is 9.10. The number of ether oxygens (including phenoxy) is 1. The number of nitrogens with zero attached hydrogens (tertiary/aromatic N) is 1. The van der Waals surface area contributed by atoms with Gasteiger partial charge in [0.2, 0.25) is 0 Å². The van der Waals surface area contributed by atoms with Gasteiger partial charge in [-0.1, -0.05) is 0 Å². The van der Waals surface area contributed by atoms with Crippen LogP contribution in [0.1, 0.15) is 4.88 Å². The van der Waals surface area contributed by atoms with Crippen LogP contribution in [0.15, 0.2) is 34.1 Å². The summed E-state index contributed by atoms with van der Waals surface area (Å²) in [7, 11) is 0. The molecule has 0 aliphatic heterocycles. The van der Waals surface area contributed by atoms with Crippen LogP contribution in [0.2, 0.25) is 0 Å². The Morgan fingerprint density at radius 3 is 2.83 bits per heavy atom. The average Bonchev–Trinajstić information content (AvgIpc) is 2.73. The Bertz CT molecular complexity index is 587. The lowest BCUT2D eigenvalue weighted by molar-refractivity contribution is -0.386. The minimum absolute atomic E-state index is 0.0610. The summed E-state index contributed by atoms with van der Waals surface area (Å²) >= 11 is 4.77. The van der Waals surface area contributed by atoms with E-state index < -0.39 is 10.7 Å². The fourth-order valence-electron chi connectivity index (χ4n) is 1.33. The van der Waals surface area contributed by atoms with Gasteiger partial charge in [0.05, 0.1) is 11.0 Å². The van der Waals surface area contributed by atoms with Gasteiger partial charge in [-0.25, -0.2) is 4.39 Å². The summed E-state index contributed by atoms with van der Waals surface area (Å²) in [6.07, 6.45) is 0. The van der Waals surface area contributed by atoms with Crippen LogP contribution in [0.4, 0.5) is 10.1 Å². The first kappa shape index (κ1) is 13.0. The maximum atomic E-state index is 12.9. The van der Waals surface area contributed by atoms with Crippen molar-refractivity contribution in [3.63, 3.8) is 0 Å². The van der Waals surface area contributed by atoms with Crippen molar-refractivity contribution in [2.24, 2.45) is 0 Å². The average molecular weight is 332 g/mol. The van der Waals surface area contributed by atoms with Crippen LogP contribution in [0, 0.1) is 15.9 Å². The quantitative estimate of drug-likeness (QED) is 0.625. The van der Waals surface area contributed by atoms with Crippen molar-refractivity contribution in [3.05, 3.63) is 54.9 Å². The van der Waals surface area contributed by atoms with E-state index in [9.17, 15) is 14.5 Å². The Hall–Kier alpha value is -1.47. The van der Waals surface area contributed by atoms with Crippen molar-refractivity contribution in [1.82, 2.24) is 0 Å². The zero-order valence-electron chi connectivity index (χ0n) is 8.93. The molecular weight excluding hydrogens is 325 g/mol. The van der Waals surface area contributed by atoms with E-state index in [-0.39, 0.29) is 18.0 Å². The van der Waals surface area contributed by atoms with E-state index in [1.54, 1.807) is 0 Å². The molecule has 1 aromatic heterocycles. The fraction of sp³-hybridized carbons (Fsp3) is 0.0909. The summed E-state index contributed by atoms with van der Waals surface area (Å²) in [5.41, 5.74) is -0.370. The van der Waals surface area contributed by atoms with Crippen LogP contribution < -0.4 is 4.74 Å². The Labute approximate surface area is 114 Å². The third kappa shape index (κ3) is 3.05. The van der Waals surface area contributed by atoms with Crippen molar-refractivity contribution < 1.29 is 14.1 Å². The summed E-state index contributed by atoms with van der Waals surface area (Å²) < 4.78 is 19.2. The van der Waals surface area contributed by atoms with Crippen molar-refractivity contribution in [2.75, 3.05) is 0 Å². The Morgan fingerprint density at radius 1 is 1.44 bits per heavy atom. The van der Waals surface area contributed by atoms with Crippen LogP contribution in [0.5, 0.6) is 5.75 Å². The molecule has 0 fully saturated rings. The van der Waals surface area contributed by atoms with E-state index in [0.717, 1.165) is 21.5 Å². The van der Waals surface area contributed by atoms with Gasteiger partial charge in [-0.15, -0.1) is 11.3 Å². The van der Waals surface area contributed by atoms with Gasteiger partial charge in [-0.3, -0.25) is 10.1 Å². The zero-order chi connectivity index (χ0) is 13.1. The molecule has 94 valence electrons. The number of nitro benzene ring substituents is 1. The second kappa shape index (κ2) is 5.45. The number of nitro groups is 1. The van der Waals surface area contributed by atoms with E-state index in [1.807, 2.05) is 11.4 Å². The van der Waals surface area contributed by atoms with Crippen LogP contribution in [0.25, 0.3) is 0 Å². The number of thiophene rings is 1. The highest BCUT2D eigenvalue weighted by atomic mass is 79.9. The van der Waals surface area contributed by atoms with Crippen molar-refractivity contribution >= 4 is 33.0 Å². The van der Waals surface area contributed by atoms with Gasteiger partial charge in [-0.05, 0) is 34.1 Å². The van der Waals surface area contributed by atoms with Crippen molar-refractivity contribution in [3.8, 4) is 5.75 Å². The maximum Gasteiger partial charge on any atom is 0.313 e. The number of halogens is 2. The molecule has 0 saturated carbocycles. The first-order valence-corrected chi connectivity index (χ1v) is 6.53. The molecular formula is C11H7BrFNO3S. The second-order valence-electron chi connectivity index (χ2n) is 3.39. The number of benzene rings is 1. The lowest BCUT2D eigenvalue weighted by atomic mass is 10.3. The minimum atomic E-state index is -0.664. The molecule has 0 aliphatic rings. The highest BCUT2D eigenvalue weighted by Gasteiger charge is 2.16. The van der Waals surface area contributed by atoms with Gasteiger partial charge in [0.15, 0.2) is 5.75 Å². The van der Waals surface area contributed by atoms with E-state index in [1.165, 1.54) is 17.4 Å². The zero-order valence-corrected chi connectivity index (χ0v) is 11.3. The van der Waals surface area contributed by atoms with Gasteiger partial charge < -0.3 is 4.74 Å². The van der Waals surface area contributed by atoms with E-state index >= 15 is 0 Å². The molecule has 2 aromatic rings. The molecule has 18 heavy (non-hydrogen) atoms. The molecule has 7 heteroatoms. The van der Waals surface area contributed by atoms with Crippen LogP contribution in [-0.2, 0) is 6.61 Å². The second-order valence-corrected chi connectivity index (χ2v) is 5.30. The molecule has 0 radical (unpaired) electrons. The fourth-order valence-corrected chi connectivity index (χ4v) is 2.70. The topological polar surface area (TPSA) is 52.4 Å². The number of hydrogen-bond acceptors (Lipinski definition) is 4. The van der Waals surface area contributed by atoms with Gasteiger partial charge in [0.1, 0.15) is 12.4 Å². The Morgan fingerprint density at radius 2 is 2.22 bits per heavy atom. The summed E-state index contributed by atoms with van der Waals surface area (Å²) in [6, 6.07) is 5.10. The monoisotopic (exact) mass is 331 g/mol. The molecule has 0 saturated heterocycles. The van der Waals surface area contributed by atoms with E-state index in [0.29, 0.717) is 0 Å². The summed E-state index contributed by atoms with van der Waals surface area (Å²) in [4.78, 5) is 11.0. The minimum Gasteiger partial charge on any atom is -0.481 e. The van der Waals surface area contributed by atoms with Crippen LogP contribution >= 0.6 is 27.3 Å². The number of rotatable bonds is 4. The lowest BCUT2D eigenvalue weighted by Crippen LogP contribution is -1.98. The van der Waals surface area contributed by atoms with Gasteiger partial charge >= 0.3 is 5.69 Å². The van der Waals surface area contributed by atoms with Gasteiger partial charge in [0, 0.05) is 14.7 Å². The van der Waals surface area contributed by atoms with Gasteiger partial charge in [-0.2, -0.15) is 0 Å². The predicted octanol–water partition coefficient (Wildman–Crippen LogP) is 4.14. The lowest BCUT2D eigenvalue weighted by Gasteiger charge is -2.05. The molecule has 0 spiro atoms. The molecule has 0 N–H and O–H groups in total. The molecule has 4 nitrogen and oxygen atoms in total. The SMILES string of the molecule is O=[N+]([O-])c1cc(F)ccc1OCc1cc(Br)cs1. The van der Waals surface area contributed by atoms with Crippen molar-refractivity contribution in [1.29, 1.82) is 0 Å². The van der Waals surface area contributed by atoms with Gasteiger partial charge in [0.25, 0.3) is 0 Å². The Balaban J connectivity index is 2.16. The first-order valence-electron chi connectivity index (χ1n) is 4.86. The molecule has 0 bridgehead atoms. The predicted molar refractivity (Wildman–Crippen MR) is 69.4 cm³/mol. The third-order valence-corrected chi connectivity index (χ3v) is 3.78. The summed E-state index contributed by atoms with van der Waals surface area (Å²) in [5.74, 6) is -0.598. The Kier molecular flexibility index (Phi) is 3.93. The van der Waals surface area contributed by atoms with Crippen molar-refractivity contribution in [2.45, 2.75) is 6.61 Å². The highest BCUT2D eigenvalue weighted by Crippen LogP contribution is 2.29. The molecule has 2 rings (SSSR count). The summed E-state index contributed by atoms with van der Waals surface area (Å²) in [6.45, 7) is 0.211. The number of hydrogen-bond donors (Lipinski definition) is 0. The summed E-state index contributed by atoms with van der Waals surface area (Å²) in [5, 5.41) is 12.6. The van der Waals surface area contributed by atoms with Crippen LogP contribution in [-0.4, -0.2) is 4.92 Å². The smallest absolute Gasteiger partial charge is 0.313 e. The molecule has 1 heterocycles.